The average Bonchev–Trinajstić information content (AvgIpc) is 2.18. The van der Waals surface area contributed by atoms with Crippen LogP contribution in [0.5, 0.6) is 0 Å². The second-order valence-electron chi connectivity index (χ2n) is 4.44. The Kier molecular flexibility index (Phi) is 3.89. The van der Waals surface area contributed by atoms with Crippen LogP contribution in [0.4, 0.5) is 0 Å². The van der Waals surface area contributed by atoms with Crippen LogP contribution in [-0.4, -0.2) is 16.9 Å². The van der Waals surface area contributed by atoms with Crippen LogP contribution in [-0.2, 0) is 0 Å². The van der Waals surface area contributed by atoms with Crippen LogP contribution in [0.2, 0.25) is 10.2 Å². The van der Waals surface area contributed by atoms with Gasteiger partial charge < -0.3 is 5.32 Å². The predicted octanol–water partition coefficient (Wildman–Crippen LogP) is 3.31. The van der Waals surface area contributed by atoms with Crippen molar-refractivity contribution in [3.8, 4) is 0 Å². The number of amides is 1. The first-order chi connectivity index (χ1) is 8.08. The van der Waals surface area contributed by atoms with Gasteiger partial charge in [-0.15, -0.1) is 0 Å². The predicted molar refractivity (Wildman–Crippen MR) is 68.5 cm³/mol. The van der Waals surface area contributed by atoms with E-state index in [1.807, 2.05) is 6.92 Å². The maximum Gasteiger partial charge on any atom is 0.253 e. The summed E-state index contributed by atoms with van der Waals surface area (Å²) in [6, 6.07) is 1.67. The molecule has 1 aromatic rings. The zero-order valence-electron chi connectivity index (χ0n) is 9.54. The fraction of sp³-hybridized carbons (Fsp3) is 0.500. The van der Waals surface area contributed by atoms with Gasteiger partial charge in [-0.3, -0.25) is 4.79 Å². The van der Waals surface area contributed by atoms with Crippen molar-refractivity contribution in [3.63, 3.8) is 0 Å². The lowest BCUT2D eigenvalue weighted by atomic mass is 9.80. The minimum Gasteiger partial charge on any atom is -0.349 e. The summed E-state index contributed by atoms with van der Waals surface area (Å²) in [6.45, 7) is 2.03. The van der Waals surface area contributed by atoms with Crippen molar-refractivity contribution in [2.24, 2.45) is 5.92 Å². The quantitative estimate of drug-likeness (QED) is 0.858. The molecular formula is C12H14Cl2N2O. The third-order valence-corrected chi connectivity index (χ3v) is 3.79. The van der Waals surface area contributed by atoms with E-state index in [2.05, 4.69) is 10.3 Å². The Morgan fingerprint density at radius 2 is 2.24 bits per heavy atom. The van der Waals surface area contributed by atoms with Gasteiger partial charge in [-0.05, 0) is 31.7 Å². The van der Waals surface area contributed by atoms with Gasteiger partial charge in [-0.1, -0.05) is 29.6 Å². The fourth-order valence-corrected chi connectivity index (χ4v) is 2.28. The summed E-state index contributed by atoms with van der Waals surface area (Å²) >= 11 is 11.7. The number of nitrogens with zero attached hydrogens (tertiary/aromatic N) is 1. The first kappa shape index (κ1) is 12.7. The molecule has 0 radical (unpaired) electrons. The monoisotopic (exact) mass is 272 g/mol. The van der Waals surface area contributed by atoms with Crippen molar-refractivity contribution in [3.05, 3.63) is 28.0 Å². The number of nitrogens with one attached hydrogen (secondary N) is 1. The standard InChI is InChI=1S/C12H14Cl2N2O/c1-7(8-3-2-4-8)16-12(17)9-5-11(14)15-6-10(9)13/h5-8H,2-4H2,1H3,(H,16,17). The van der Waals surface area contributed by atoms with E-state index < -0.39 is 0 Å². The zero-order valence-corrected chi connectivity index (χ0v) is 11.1. The summed E-state index contributed by atoms with van der Waals surface area (Å²) in [5.74, 6) is 0.411. The number of carbonyl (C=O) groups is 1. The van der Waals surface area contributed by atoms with Gasteiger partial charge in [-0.25, -0.2) is 4.98 Å². The summed E-state index contributed by atoms with van der Waals surface area (Å²) in [6.07, 6.45) is 5.03. The molecule has 1 aliphatic rings. The average molecular weight is 273 g/mol. The molecule has 0 spiro atoms. The molecular weight excluding hydrogens is 259 g/mol. The van der Waals surface area contributed by atoms with Crippen molar-refractivity contribution < 1.29 is 4.79 Å². The van der Waals surface area contributed by atoms with E-state index in [4.69, 9.17) is 23.2 Å². The van der Waals surface area contributed by atoms with Gasteiger partial charge in [0, 0.05) is 12.2 Å². The Morgan fingerprint density at radius 3 is 2.82 bits per heavy atom. The van der Waals surface area contributed by atoms with E-state index in [1.54, 1.807) is 0 Å². The van der Waals surface area contributed by atoms with Crippen molar-refractivity contribution >= 4 is 29.1 Å². The Labute approximate surface area is 111 Å². The number of carbonyl (C=O) groups excluding carboxylic acids is 1. The second kappa shape index (κ2) is 5.23. The van der Waals surface area contributed by atoms with Gasteiger partial charge in [-0.2, -0.15) is 0 Å². The summed E-state index contributed by atoms with van der Waals surface area (Å²) in [5, 5.41) is 3.56. The van der Waals surface area contributed by atoms with Gasteiger partial charge in [0.25, 0.3) is 5.91 Å². The second-order valence-corrected chi connectivity index (χ2v) is 5.23. The highest BCUT2D eigenvalue weighted by atomic mass is 35.5. The Morgan fingerprint density at radius 1 is 1.53 bits per heavy atom. The van der Waals surface area contributed by atoms with E-state index >= 15 is 0 Å². The van der Waals surface area contributed by atoms with Gasteiger partial charge >= 0.3 is 0 Å². The van der Waals surface area contributed by atoms with Crippen molar-refractivity contribution in [1.29, 1.82) is 0 Å². The molecule has 1 amide bonds. The summed E-state index contributed by atoms with van der Waals surface area (Å²) in [7, 11) is 0. The molecule has 5 heteroatoms. The molecule has 1 N–H and O–H groups in total. The molecule has 0 aliphatic heterocycles. The zero-order chi connectivity index (χ0) is 12.4. The van der Waals surface area contributed by atoms with Crippen molar-refractivity contribution in [2.75, 3.05) is 0 Å². The molecule has 1 fully saturated rings. The van der Waals surface area contributed by atoms with Gasteiger partial charge in [0.2, 0.25) is 0 Å². The number of hydrogen-bond acceptors (Lipinski definition) is 2. The normalized spacial score (nSPS) is 17.4. The molecule has 3 nitrogen and oxygen atoms in total. The lowest BCUT2D eigenvalue weighted by Gasteiger charge is -2.31. The molecule has 1 aliphatic carbocycles. The number of hydrogen-bond donors (Lipinski definition) is 1. The Balaban J connectivity index is 2.05. The molecule has 2 rings (SSSR count). The van der Waals surface area contributed by atoms with Crippen molar-refractivity contribution in [1.82, 2.24) is 10.3 Å². The van der Waals surface area contributed by atoms with E-state index in [0.717, 1.165) is 0 Å². The van der Waals surface area contributed by atoms with E-state index in [1.165, 1.54) is 31.5 Å². The molecule has 0 aromatic carbocycles. The maximum atomic E-state index is 12.0. The molecule has 1 unspecified atom stereocenters. The smallest absolute Gasteiger partial charge is 0.253 e. The van der Waals surface area contributed by atoms with Crippen LogP contribution >= 0.6 is 23.2 Å². The minimum atomic E-state index is -0.182. The lowest BCUT2D eigenvalue weighted by molar-refractivity contribution is 0.0909. The molecule has 17 heavy (non-hydrogen) atoms. The minimum absolute atomic E-state index is 0.180. The highest BCUT2D eigenvalue weighted by Gasteiger charge is 2.25. The molecule has 1 atom stereocenters. The molecule has 0 saturated heterocycles. The summed E-state index contributed by atoms with van der Waals surface area (Å²) in [5.41, 5.74) is 0.387. The summed E-state index contributed by atoms with van der Waals surface area (Å²) < 4.78 is 0. The molecule has 92 valence electrons. The van der Waals surface area contributed by atoms with Gasteiger partial charge in [0.05, 0.1) is 10.6 Å². The molecule has 0 bridgehead atoms. The molecule has 1 saturated carbocycles. The van der Waals surface area contributed by atoms with Crippen LogP contribution in [0, 0.1) is 5.92 Å². The lowest BCUT2D eigenvalue weighted by Crippen LogP contribution is -2.40. The number of rotatable bonds is 3. The Bertz CT molecular complexity index is 433. The van der Waals surface area contributed by atoms with E-state index in [0.29, 0.717) is 16.5 Å². The molecule has 1 heterocycles. The van der Waals surface area contributed by atoms with Crippen LogP contribution in [0.25, 0.3) is 0 Å². The van der Waals surface area contributed by atoms with Crippen molar-refractivity contribution in [2.45, 2.75) is 32.2 Å². The third-order valence-electron chi connectivity index (χ3n) is 3.28. The first-order valence-corrected chi connectivity index (χ1v) is 6.45. The van der Waals surface area contributed by atoms with Crippen LogP contribution < -0.4 is 5.32 Å². The SMILES string of the molecule is CC(NC(=O)c1cc(Cl)ncc1Cl)C1CCC1. The molecule has 1 aromatic heterocycles. The largest absolute Gasteiger partial charge is 0.349 e. The topological polar surface area (TPSA) is 42.0 Å². The van der Waals surface area contributed by atoms with Gasteiger partial charge in [0.1, 0.15) is 5.15 Å². The highest BCUT2D eigenvalue weighted by Crippen LogP contribution is 2.29. The summed E-state index contributed by atoms with van der Waals surface area (Å²) in [4.78, 5) is 15.8. The first-order valence-electron chi connectivity index (χ1n) is 5.70. The van der Waals surface area contributed by atoms with Gasteiger partial charge in [0.15, 0.2) is 0 Å². The Hall–Kier alpha value is -0.800. The number of aromatic nitrogens is 1. The van der Waals surface area contributed by atoms with Crippen LogP contribution in [0.3, 0.4) is 0 Å². The number of halogens is 2. The number of pyridine rings is 1. The van der Waals surface area contributed by atoms with Crippen LogP contribution in [0.15, 0.2) is 12.3 Å². The third kappa shape index (κ3) is 2.90. The highest BCUT2D eigenvalue weighted by molar-refractivity contribution is 6.35. The fourth-order valence-electron chi connectivity index (χ4n) is 1.93. The van der Waals surface area contributed by atoms with Crippen LogP contribution in [0.1, 0.15) is 36.5 Å². The van der Waals surface area contributed by atoms with E-state index in [-0.39, 0.29) is 17.1 Å². The maximum absolute atomic E-state index is 12.0. The van der Waals surface area contributed by atoms with E-state index in [9.17, 15) is 4.79 Å².